The fourth-order valence-electron chi connectivity index (χ4n) is 1.41. The molecule has 0 spiro atoms. The van der Waals surface area contributed by atoms with Crippen molar-refractivity contribution >= 4 is 10.9 Å². The van der Waals surface area contributed by atoms with Gasteiger partial charge in [-0.25, -0.2) is 0 Å². The molecule has 2 aromatic rings. The topological polar surface area (TPSA) is 42.1 Å². The van der Waals surface area contributed by atoms with E-state index in [9.17, 15) is 4.79 Å². The first kappa shape index (κ1) is 9.35. The minimum Gasteiger partial charge on any atom is -0.480 e. The smallest absolute Gasteiger partial charge is 0.252 e. The van der Waals surface area contributed by atoms with Crippen LogP contribution >= 0.6 is 0 Å². The van der Waals surface area contributed by atoms with Crippen LogP contribution in [0.3, 0.4) is 0 Å². The third-order valence-electron chi connectivity index (χ3n) is 2.02. The molecule has 3 heteroatoms. The molecule has 74 valence electrons. The first-order valence-corrected chi connectivity index (χ1v) is 4.49. The molecule has 0 radical (unpaired) electrons. The number of rotatable bonds is 2. The van der Waals surface area contributed by atoms with Gasteiger partial charge in [0, 0.05) is 11.5 Å². The molecule has 0 saturated carbocycles. The SMILES string of the molecule is C#CCOc1cc(=O)[nH]c2ccccc12. The van der Waals surface area contributed by atoms with E-state index in [2.05, 4.69) is 10.9 Å². The van der Waals surface area contributed by atoms with Crippen molar-refractivity contribution in [2.75, 3.05) is 6.61 Å². The molecule has 1 aromatic heterocycles. The molecule has 1 N–H and O–H groups in total. The molecule has 0 aliphatic heterocycles. The summed E-state index contributed by atoms with van der Waals surface area (Å²) >= 11 is 0. The standard InChI is InChI=1S/C12H9NO2/c1-2-7-15-11-8-12(14)13-10-6-4-3-5-9(10)11/h1,3-6,8H,7H2,(H,13,14). The predicted molar refractivity (Wildman–Crippen MR) is 58.9 cm³/mol. The highest BCUT2D eigenvalue weighted by Crippen LogP contribution is 2.21. The number of aromatic amines is 1. The molecule has 0 atom stereocenters. The van der Waals surface area contributed by atoms with Gasteiger partial charge in [0.05, 0.1) is 5.52 Å². The van der Waals surface area contributed by atoms with Gasteiger partial charge >= 0.3 is 0 Å². The highest BCUT2D eigenvalue weighted by atomic mass is 16.5. The summed E-state index contributed by atoms with van der Waals surface area (Å²) in [6, 6.07) is 8.82. The molecule has 0 fully saturated rings. The Morgan fingerprint density at radius 1 is 1.40 bits per heavy atom. The maximum Gasteiger partial charge on any atom is 0.252 e. The summed E-state index contributed by atoms with van der Waals surface area (Å²) in [5.74, 6) is 2.89. The van der Waals surface area contributed by atoms with Crippen LogP contribution in [0.1, 0.15) is 0 Å². The summed E-state index contributed by atoms with van der Waals surface area (Å²) in [4.78, 5) is 14.0. The van der Waals surface area contributed by atoms with Crippen LogP contribution in [-0.2, 0) is 0 Å². The summed E-state index contributed by atoms with van der Waals surface area (Å²) in [5, 5.41) is 0.854. The highest BCUT2D eigenvalue weighted by molar-refractivity contribution is 5.84. The van der Waals surface area contributed by atoms with Gasteiger partial charge in [-0.15, -0.1) is 6.42 Å². The number of hydrogen-bond donors (Lipinski definition) is 1. The second kappa shape index (κ2) is 3.89. The summed E-state index contributed by atoms with van der Waals surface area (Å²) in [6.45, 7) is 0.160. The van der Waals surface area contributed by atoms with Crippen LogP contribution in [0.5, 0.6) is 5.75 Å². The number of nitrogens with one attached hydrogen (secondary N) is 1. The van der Waals surface area contributed by atoms with Crippen LogP contribution in [0.2, 0.25) is 0 Å². The summed E-state index contributed by atoms with van der Waals surface area (Å²) in [7, 11) is 0. The van der Waals surface area contributed by atoms with Crippen molar-refractivity contribution in [3.63, 3.8) is 0 Å². The zero-order valence-electron chi connectivity index (χ0n) is 7.99. The molecule has 1 heterocycles. The zero-order valence-corrected chi connectivity index (χ0v) is 7.99. The van der Waals surface area contributed by atoms with Crippen LogP contribution in [-0.4, -0.2) is 11.6 Å². The van der Waals surface area contributed by atoms with E-state index in [1.54, 1.807) is 0 Å². The lowest BCUT2D eigenvalue weighted by molar-refractivity contribution is 0.374. The average molecular weight is 199 g/mol. The third kappa shape index (κ3) is 1.84. The monoisotopic (exact) mass is 199 g/mol. The number of para-hydroxylation sites is 1. The minimum atomic E-state index is -0.194. The zero-order chi connectivity index (χ0) is 10.7. The van der Waals surface area contributed by atoms with E-state index in [0.29, 0.717) is 5.75 Å². The van der Waals surface area contributed by atoms with Crippen molar-refractivity contribution < 1.29 is 4.74 Å². The lowest BCUT2D eigenvalue weighted by atomic mass is 10.2. The van der Waals surface area contributed by atoms with Gasteiger partial charge in [0.25, 0.3) is 5.56 Å². The fourth-order valence-corrected chi connectivity index (χ4v) is 1.41. The van der Waals surface area contributed by atoms with Gasteiger partial charge < -0.3 is 9.72 Å². The van der Waals surface area contributed by atoms with Crippen molar-refractivity contribution in [1.29, 1.82) is 0 Å². The Labute approximate surface area is 86.7 Å². The van der Waals surface area contributed by atoms with E-state index in [0.717, 1.165) is 10.9 Å². The number of pyridine rings is 1. The number of benzene rings is 1. The van der Waals surface area contributed by atoms with E-state index in [1.165, 1.54) is 6.07 Å². The number of ether oxygens (including phenoxy) is 1. The average Bonchev–Trinajstić information content (AvgIpc) is 2.25. The normalized spacial score (nSPS) is 9.80. The molecule has 0 bridgehead atoms. The molecule has 0 aliphatic rings. The minimum absolute atomic E-state index is 0.160. The Kier molecular flexibility index (Phi) is 2.42. The molecule has 0 amide bonds. The Bertz CT molecular complexity index is 578. The number of terminal acetylenes is 1. The molecule has 0 saturated heterocycles. The summed E-state index contributed by atoms with van der Waals surface area (Å²) in [5.41, 5.74) is 0.553. The molecular formula is C12H9NO2. The van der Waals surface area contributed by atoms with E-state index < -0.39 is 0 Å². The molecule has 15 heavy (non-hydrogen) atoms. The Morgan fingerprint density at radius 2 is 2.20 bits per heavy atom. The summed E-state index contributed by atoms with van der Waals surface area (Å²) < 4.78 is 5.29. The van der Waals surface area contributed by atoms with Crippen molar-refractivity contribution in [3.05, 3.63) is 40.7 Å². The quantitative estimate of drug-likeness (QED) is 0.745. The van der Waals surface area contributed by atoms with Crippen molar-refractivity contribution in [2.24, 2.45) is 0 Å². The lowest BCUT2D eigenvalue weighted by Gasteiger charge is -2.05. The van der Waals surface area contributed by atoms with Crippen molar-refractivity contribution in [2.45, 2.75) is 0 Å². The first-order chi connectivity index (χ1) is 7.31. The number of H-pyrrole nitrogens is 1. The molecule has 0 unspecified atom stereocenters. The fraction of sp³-hybridized carbons (Fsp3) is 0.0833. The molecule has 1 aromatic carbocycles. The molecule has 2 rings (SSSR count). The second-order valence-electron chi connectivity index (χ2n) is 3.04. The second-order valence-corrected chi connectivity index (χ2v) is 3.04. The van der Waals surface area contributed by atoms with Crippen LogP contribution in [0.25, 0.3) is 10.9 Å². The van der Waals surface area contributed by atoms with Crippen LogP contribution in [0, 0.1) is 12.3 Å². The van der Waals surface area contributed by atoms with E-state index in [1.807, 2.05) is 24.3 Å². The van der Waals surface area contributed by atoms with Gasteiger partial charge in [-0.2, -0.15) is 0 Å². The van der Waals surface area contributed by atoms with Gasteiger partial charge in [-0.1, -0.05) is 18.1 Å². The Hall–Kier alpha value is -2.21. The molecule has 3 nitrogen and oxygen atoms in total. The van der Waals surface area contributed by atoms with Crippen LogP contribution < -0.4 is 10.3 Å². The number of aromatic nitrogens is 1. The predicted octanol–water partition coefficient (Wildman–Crippen LogP) is 1.54. The molecule has 0 aliphatic carbocycles. The third-order valence-corrected chi connectivity index (χ3v) is 2.02. The van der Waals surface area contributed by atoms with Crippen molar-refractivity contribution in [3.8, 4) is 18.1 Å². The van der Waals surface area contributed by atoms with E-state index >= 15 is 0 Å². The Balaban J connectivity index is 2.62. The van der Waals surface area contributed by atoms with Gasteiger partial charge in [0.2, 0.25) is 0 Å². The van der Waals surface area contributed by atoms with Gasteiger partial charge in [0.15, 0.2) is 0 Å². The van der Waals surface area contributed by atoms with Crippen LogP contribution in [0.4, 0.5) is 0 Å². The van der Waals surface area contributed by atoms with Gasteiger partial charge in [0.1, 0.15) is 12.4 Å². The van der Waals surface area contributed by atoms with Gasteiger partial charge in [-0.3, -0.25) is 4.79 Å². The number of hydrogen-bond acceptors (Lipinski definition) is 2. The Morgan fingerprint density at radius 3 is 3.00 bits per heavy atom. The van der Waals surface area contributed by atoms with E-state index in [-0.39, 0.29) is 12.2 Å². The van der Waals surface area contributed by atoms with Crippen molar-refractivity contribution in [1.82, 2.24) is 4.98 Å². The number of fused-ring (bicyclic) bond motifs is 1. The molecular weight excluding hydrogens is 190 g/mol. The van der Waals surface area contributed by atoms with E-state index in [4.69, 9.17) is 11.2 Å². The maximum atomic E-state index is 11.3. The lowest BCUT2D eigenvalue weighted by Crippen LogP contribution is -2.06. The summed E-state index contributed by atoms with van der Waals surface area (Å²) in [6.07, 6.45) is 5.10. The first-order valence-electron chi connectivity index (χ1n) is 4.49. The maximum absolute atomic E-state index is 11.3. The van der Waals surface area contributed by atoms with Gasteiger partial charge in [-0.05, 0) is 12.1 Å². The largest absolute Gasteiger partial charge is 0.480 e. The van der Waals surface area contributed by atoms with Crippen LogP contribution in [0.15, 0.2) is 35.1 Å². The highest BCUT2D eigenvalue weighted by Gasteiger charge is 2.02.